The molecule has 29 heavy (non-hydrogen) atoms. The van der Waals surface area contributed by atoms with E-state index in [0.717, 1.165) is 16.1 Å². The van der Waals surface area contributed by atoms with Gasteiger partial charge in [0.15, 0.2) is 16.5 Å². The molecule has 8 nitrogen and oxygen atoms in total. The van der Waals surface area contributed by atoms with Gasteiger partial charge in [0.2, 0.25) is 5.43 Å². The van der Waals surface area contributed by atoms with E-state index < -0.39 is 28.8 Å². The zero-order chi connectivity index (χ0) is 20.9. The van der Waals surface area contributed by atoms with Crippen molar-refractivity contribution in [1.82, 2.24) is 19.1 Å². The van der Waals surface area contributed by atoms with E-state index in [4.69, 9.17) is 5.73 Å². The second kappa shape index (κ2) is 6.44. The van der Waals surface area contributed by atoms with Crippen LogP contribution in [0.5, 0.6) is 0 Å². The SMILES string of the molecule is Nc1ccn(-c2ccc3c(=O)c(C(=O)O)cn(-c4nc(C(F)(F)F)cs4)c3n2)c1. The number of hydrogen-bond acceptors (Lipinski definition) is 6. The first-order valence-electron chi connectivity index (χ1n) is 7.92. The van der Waals surface area contributed by atoms with Crippen molar-refractivity contribution in [1.29, 1.82) is 0 Å². The molecule has 0 aliphatic carbocycles. The number of carboxylic acid groups (broad SMARTS) is 1. The number of thiazole rings is 1. The van der Waals surface area contributed by atoms with E-state index in [9.17, 15) is 27.9 Å². The highest BCUT2D eigenvalue weighted by molar-refractivity contribution is 7.12. The largest absolute Gasteiger partial charge is 0.477 e. The Balaban J connectivity index is 2.02. The van der Waals surface area contributed by atoms with E-state index >= 15 is 0 Å². The van der Waals surface area contributed by atoms with Crippen LogP contribution in [0.1, 0.15) is 16.1 Å². The minimum Gasteiger partial charge on any atom is -0.477 e. The Morgan fingerprint density at radius 3 is 2.52 bits per heavy atom. The Labute approximate surface area is 163 Å². The lowest BCUT2D eigenvalue weighted by Gasteiger charge is -2.11. The van der Waals surface area contributed by atoms with Crippen LogP contribution >= 0.6 is 11.3 Å². The normalized spacial score (nSPS) is 11.8. The van der Waals surface area contributed by atoms with Gasteiger partial charge >= 0.3 is 12.1 Å². The van der Waals surface area contributed by atoms with Gasteiger partial charge in [0.1, 0.15) is 11.4 Å². The maximum absolute atomic E-state index is 13.0. The van der Waals surface area contributed by atoms with E-state index in [-0.39, 0.29) is 16.2 Å². The molecule has 0 aliphatic rings. The highest BCUT2D eigenvalue weighted by atomic mass is 32.1. The fraction of sp³-hybridized carbons (Fsp3) is 0.0588. The number of fused-ring (bicyclic) bond motifs is 1. The van der Waals surface area contributed by atoms with Crippen LogP contribution in [-0.4, -0.2) is 30.2 Å². The number of aromatic carboxylic acids is 1. The molecule has 148 valence electrons. The van der Waals surface area contributed by atoms with E-state index in [0.29, 0.717) is 22.8 Å². The minimum absolute atomic E-state index is 0.0344. The number of alkyl halides is 3. The number of hydrogen-bond donors (Lipinski definition) is 2. The van der Waals surface area contributed by atoms with Gasteiger partial charge in [-0.25, -0.2) is 14.8 Å². The second-order valence-corrected chi connectivity index (χ2v) is 6.79. The molecule has 4 rings (SSSR count). The summed E-state index contributed by atoms with van der Waals surface area (Å²) in [6.07, 6.45) is -0.566. The Hall–Kier alpha value is -3.67. The number of nitrogen functional groups attached to an aromatic ring is 1. The van der Waals surface area contributed by atoms with Crippen molar-refractivity contribution < 1.29 is 23.1 Å². The molecule has 0 amide bonds. The number of rotatable bonds is 3. The van der Waals surface area contributed by atoms with Crippen LogP contribution in [0.2, 0.25) is 0 Å². The molecule has 4 heterocycles. The summed E-state index contributed by atoms with van der Waals surface area (Å²) >= 11 is 0.646. The standard InChI is InChI=1S/C17H10F3N5O3S/c18-17(19,20)11-7-29-16(22-11)25-6-10(15(27)28)13(26)9-1-2-12(23-14(9)25)24-4-3-8(21)5-24/h1-7H,21H2,(H,27,28). The highest BCUT2D eigenvalue weighted by Gasteiger charge is 2.34. The van der Waals surface area contributed by atoms with Crippen LogP contribution in [-0.2, 0) is 6.18 Å². The minimum atomic E-state index is -4.67. The molecule has 0 bridgehead atoms. The first kappa shape index (κ1) is 18.7. The van der Waals surface area contributed by atoms with Crippen LogP contribution in [0.4, 0.5) is 18.9 Å². The number of nitrogens with zero attached hydrogens (tertiary/aromatic N) is 4. The fourth-order valence-corrected chi connectivity index (χ4v) is 3.50. The van der Waals surface area contributed by atoms with Gasteiger partial charge in [-0.05, 0) is 18.2 Å². The van der Waals surface area contributed by atoms with Gasteiger partial charge < -0.3 is 15.4 Å². The van der Waals surface area contributed by atoms with Gasteiger partial charge in [-0.3, -0.25) is 9.36 Å². The van der Waals surface area contributed by atoms with Crippen molar-refractivity contribution in [2.24, 2.45) is 0 Å². The maximum atomic E-state index is 13.0. The predicted molar refractivity (Wildman–Crippen MR) is 98.7 cm³/mol. The average Bonchev–Trinajstić information content (AvgIpc) is 3.30. The summed E-state index contributed by atoms with van der Waals surface area (Å²) in [7, 11) is 0. The smallest absolute Gasteiger partial charge is 0.434 e. The van der Waals surface area contributed by atoms with Crippen molar-refractivity contribution in [3.63, 3.8) is 0 Å². The molecular weight excluding hydrogens is 411 g/mol. The maximum Gasteiger partial charge on any atom is 0.434 e. The Morgan fingerprint density at radius 2 is 1.93 bits per heavy atom. The summed E-state index contributed by atoms with van der Waals surface area (Å²) in [5.41, 5.74) is 3.57. The third-order valence-corrected chi connectivity index (χ3v) is 4.88. The van der Waals surface area contributed by atoms with Gasteiger partial charge in [0.25, 0.3) is 0 Å². The first-order valence-corrected chi connectivity index (χ1v) is 8.80. The van der Waals surface area contributed by atoms with Crippen molar-refractivity contribution in [2.75, 3.05) is 5.73 Å². The van der Waals surface area contributed by atoms with Crippen molar-refractivity contribution in [3.8, 4) is 10.9 Å². The molecule has 0 fully saturated rings. The van der Waals surface area contributed by atoms with Gasteiger partial charge in [-0.1, -0.05) is 0 Å². The monoisotopic (exact) mass is 421 g/mol. The lowest BCUT2D eigenvalue weighted by atomic mass is 10.2. The van der Waals surface area contributed by atoms with E-state index in [2.05, 4.69) is 9.97 Å². The number of carboxylic acids is 1. The Morgan fingerprint density at radius 1 is 1.17 bits per heavy atom. The molecule has 0 aliphatic heterocycles. The lowest BCUT2D eigenvalue weighted by molar-refractivity contribution is -0.140. The molecule has 4 aromatic heterocycles. The average molecular weight is 421 g/mol. The summed E-state index contributed by atoms with van der Waals surface area (Å²) in [5, 5.41) is 9.87. The van der Waals surface area contributed by atoms with Crippen LogP contribution in [0.3, 0.4) is 0 Å². The predicted octanol–water partition coefficient (Wildman–Crippen LogP) is 2.93. The van der Waals surface area contributed by atoms with Gasteiger partial charge in [0.05, 0.1) is 5.39 Å². The van der Waals surface area contributed by atoms with Gasteiger partial charge in [-0.2, -0.15) is 13.2 Å². The lowest BCUT2D eigenvalue weighted by Crippen LogP contribution is -2.19. The van der Waals surface area contributed by atoms with Crippen LogP contribution in [0, 0.1) is 0 Å². The fourth-order valence-electron chi connectivity index (χ4n) is 2.70. The van der Waals surface area contributed by atoms with Crippen molar-refractivity contribution in [2.45, 2.75) is 6.18 Å². The molecule has 0 radical (unpaired) electrons. The van der Waals surface area contributed by atoms with Crippen LogP contribution in [0.25, 0.3) is 22.0 Å². The molecule has 0 atom stereocenters. The van der Waals surface area contributed by atoms with Crippen LogP contribution in [0.15, 0.2) is 47.0 Å². The summed E-state index contributed by atoms with van der Waals surface area (Å²) in [6, 6.07) is 4.45. The number of pyridine rings is 2. The highest BCUT2D eigenvalue weighted by Crippen LogP contribution is 2.32. The number of aromatic nitrogens is 4. The number of anilines is 1. The topological polar surface area (TPSA) is 116 Å². The van der Waals surface area contributed by atoms with E-state index in [1.54, 1.807) is 23.0 Å². The Bertz CT molecular complexity index is 1320. The second-order valence-electron chi connectivity index (χ2n) is 5.95. The third-order valence-electron chi connectivity index (χ3n) is 4.04. The first-order chi connectivity index (χ1) is 13.6. The molecule has 4 aromatic rings. The molecule has 0 saturated carbocycles. The number of nitrogens with two attached hydrogens (primary N) is 1. The zero-order valence-electron chi connectivity index (χ0n) is 14.2. The van der Waals surface area contributed by atoms with E-state index in [1.807, 2.05) is 0 Å². The molecule has 12 heteroatoms. The van der Waals surface area contributed by atoms with Gasteiger partial charge in [-0.15, -0.1) is 11.3 Å². The van der Waals surface area contributed by atoms with Gasteiger partial charge in [0, 0.05) is 29.7 Å². The van der Waals surface area contributed by atoms with E-state index in [1.165, 1.54) is 12.1 Å². The van der Waals surface area contributed by atoms with Crippen molar-refractivity contribution >= 4 is 34.0 Å². The summed E-state index contributed by atoms with van der Waals surface area (Å²) in [6.45, 7) is 0. The summed E-state index contributed by atoms with van der Waals surface area (Å²) < 4.78 is 41.5. The molecule has 0 spiro atoms. The van der Waals surface area contributed by atoms with Crippen LogP contribution < -0.4 is 11.2 Å². The molecule has 3 N–H and O–H groups in total. The summed E-state index contributed by atoms with van der Waals surface area (Å²) in [5.74, 6) is -1.18. The molecule has 0 unspecified atom stereocenters. The quantitative estimate of drug-likeness (QED) is 0.526. The molecule has 0 aromatic carbocycles. The Kier molecular flexibility index (Phi) is 4.15. The molecular formula is C17H10F3N5O3S. The van der Waals surface area contributed by atoms with Crippen molar-refractivity contribution in [3.05, 3.63) is 63.7 Å². The zero-order valence-corrected chi connectivity index (χ0v) is 15.0. The number of halogens is 3. The number of carbonyl (C=O) groups is 1. The summed E-state index contributed by atoms with van der Waals surface area (Å²) in [4.78, 5) is 31.8. The molecule has 0 saturated heterocycles. The third kappa shape index (κ3) is 3.23.